The van der Waals surface area contributed by atoms with E-state index < -0.39 is 0 Å². The van der Waals surface area contributed by atoms with Crippen LogP contribution in [0, 0.1) is 10.1 Å². The van der Waals surface area contributed by atoms with Crippen LogP contribution in [-0.4, -0.2) is 4.85 Å². The molecular weight excluding hydrogens is 220 g/mol. The summed E-state index contributed by atoms with van der Waals surface area (Å²) in [5.41, 5.74) is 0. The van der Waals surface area contributed by atoms with Crippen molar-refractivity contribution in [3.8, 4) is 0 Å². The summed E-state index contributed by atoms with van der Waals surface area (Å²) in [7, 11) is 0. The summed E-state index contributed by atoms with van der Waals surface area (Å²) in [5, 5.41) is 16.8. The lowest BCUT2D eigenvalue weighted by Crippen LogP contribution is -2.27. The second-order valence-electron chi connectivity index (χ2n) is 2.82. The average Bonchev–Trinajstić information content (AvgIpc) is 2.80. The van der Waals surface area contributed by atoms with Gasteiger partial charge in [-0.25, -0.2) is 0 Å². The first kappa shape index (κ1) is 7.95. The molecule has 0 spiro atoms. The maximum absolute atomic E-state index is 11.5. The molecule has 70 valence electrons. The Balaban J connectivity index is 2.81. The predicted octanol–water partition coefficient (Wildman–Crippen LogP) is 2.18. The largest absolute Gasteiger partial charge is 0.754 e. The first-order valence-electron chi connectivity index (χ1n) is 3.89. The zero-order chi connectivity index (χ0) is 9.71. The van der Waals surface area contributed by atoms with Crippen LogP contribution in [0.5, 0.6) is 0 Å². The van der Waals surface area contributed by atoms with E-state index in [1.54, 1.807) is 0 Å². The van der Waals surface area contributed by atoms with Gasteiger partial charge in [0.25, 0.3) is 0 Å². The van der Waals surface area contributed by atoms with Gasteiger partial charge in [-0.2, -0.15) is 0 Å². The molecule has 0 aromatic carbocycles. The maximum atomic E-state index is 11.5. The van der Waals surface area contributed by atoms with Crippen LogP contribution in [0.1, 0.15) is 0 Å². The second-order valence-corrected chi connectivity index (χ2v) is 4.61. The first-order chi connectivity index (χ1) is 6.79. The van der Waals surface area contributed by atoms with Crippen molar-refractivity contribution in [1.82, 2.24) is 4.85 Å². The molecule has 4 nitrogen and oxygen atoms in total. The van der Waals surface area contributed by atoms with E-state index in [2.05, 4.69) is 0 Å². The minimum atomic E-state index is 0.402. The third kappa shape index (κ3) is 0.816. The van der Waals surface area contributed by atoms with Gasteiger partial charge in [0.1, 0.15) is 0 Å². The molecule has 14 heavy (non-hydrogen) atoms. The number of thiophene rings is 2. The molecule has 0 N–H and O–H groups in total. The Morgan fingerprint density at radius 2 is 1.93 bits per heavy atom. The van der Waals surface area contributed by atoms with Crippen molar-refractivity contribution in [3.63, 3.8) is 0 Å². The van der Waals surface area contributed by atoms with Gasteiger partial charge in [0.2, 0.25) is 0 Å². The molecule has 0 saturated heterocycles. The van der Waals surface area contributed by atoms with Crippen LogP contribution in [-0.2, 0) is 0 Å². The molecule has 0 atom stereocenters. The fourth-order valence-electron chi connectivity index (χ4n) is 1.47. The highest BCUT2D eigenvalue weighted by atomic mass is 32.1. The van der Waals surface area contributed by atoms with Crippen LogP contribution >= 0.6 is 22.7 Å². The molecule has 0 aliphatic carbocycles. The third-order valence-corrected chi connectivity index (χ3v) is 3.84. The van der Waals surface area contributed by atoms with E-state index in [1.807, 2.05) is 22.9 Å². The molecule has 3 aromatic heterocycles. The third-order valence-electron chi connectivity index (χ3n) is 2.09. The van der Waals surface area contributed by atoms with Gasteiger partial charge in [0.15, 0.2) is 9.37 Å². The molecule has 0 unspecified atom stereocenters. The van der Waals surface area contributed by atoms with E-state index in [-0.39, 0.29) is 0 Å². The summed E-state index contributed by atoms with van der Waals surface area (Å²) in [6, 6.07) is 3.73. The Kier molecular flexibility index (Phi) is 1.45. The fourth-order valence-corrected chi connectivity index (χ4v) is 3.08. The summed E-state index contributed by atoms with van der Waals surface area (Å²) >= 11 is 2.56. The smallest absolute Gasteiger partial charge is 0.354 e. The minimum absolute atomic E-state index is 0.402. The van der Waals surface area contributed by atoms with Gasteiger partial charge >= 0.3 is 4.83 Å². The van der Waals surface area contributed by atoms with Gasteiger partial charge in [-0.15, -0.1) is 16.2 Å². The first-order valence-corrected chi connectivity index (χ1v) is 5.65. The predicted molar refractivity (Wildman–Crippen MR) is 57.3 cm³/mol. The summed E-state index contributed by atoms with van der Waals surface area (Å²) < 4.78 is 0.402. The number of rotatable bonds is 0. The molecule has 0 aliphatic heterocycles. The highest BCUT2D eigenvalue weighted by Crippen LogP contribution is 2.28. The summed E-state index contributed by atoms with van der Waals surface area (Å²) in [6.45, 7) is 0. The van der Waals surface area contributed by atoms with Crippen LogP contribution in [0.2, 0.25) is 0 Å². The highest BCUT2D eigenvalue weighted by molar-refractivity contribution is 7.18. The SMILES string of the molecule is O=[n+]1c2sccc2c2ccsc2n1[O-]. The van der Waals surface area contributed by atoms with Crippen molar-refractivity contribution in [2.24, 2.45) is 0 Å². The quantitative estimate of drug-likeness (QED) is 0.549. The average molecular weight is 224 g/mol. The number of fused-ring (bicyclic) bond motifs is 3. The Hall–Kier alpha value is -1.40. The zero-order valence-electron chi connectivity index (χ0n) is 6.84. The lowest BCUT2D eigenvalue weighted by Gasteiger charge is -2.00. The van der Waals surface area contributed by atoms with Gasteiger partial charge in [-0.1, -0.05) is 11.3 Å². The topological polar surface area (TPSA) is 51.0 Å². The molecule has 3 rings (SSSR count). The van der Waals surface area contributed by atoms with Gasteiger partial charge in [0.05, 0.1) is 10.3 Å². The van der Waals surface area contributed by atoms with Crippen LogP contribution < -0.4 is 4.54 Å². The Morgan fingerprint density at radius 3 is 2.79 bits per heavy atom. The van der Waals surface area contributed by atoms with Gasteiger partial charge in [-0.3, -0.25) is 0 Å². The van der Waals surface area contributed by atoms with Crippen LogP contribution in [0.4, 0.5) is 0 Å². The van der Waals surface area contributed by atoms with E-state index >= 15 is 0 Å². The van der Waals surface area contributed by atoms with Crippen molar-refractivity contribution in [2.75, 3.05) is 0 Å². The fraction of sp³-hybridized carbons (Fsp3) is 0. The van der Waals surface area contributed by atoms with E-state index in [4.69, 9.17) is 0 Å². The van der Waals surface area contributed by atoms with E-state index in [9.17, 15) is 10.1 Å². The number of hydrogen-bond donors (Lipinski definition) is 0. The summed E-state index contributed by atoms with van der Waals surface area (Å²) in [5.74, 6) is 0. The molecule has 0 fully saturated rings. The Bertz CT molecular complexity index is 679. The van der Waals surface area contributed by atoms with Gasteiger partial charge < -0.3 is 5.21 Å². The molecule has 3 aromatic rings. The number of nitrogens with zero attached hydrogens (tertiary/aromatic N) is 2. The van der Waals surface area contributed by atoms with Crippen molar-refractivity contribution in [3.05, 3.63) is 33.0 Å². The molecule has 0 amide bonds. The van der Waals surface area contributed by atoms with Crippen molar-refractivity contribution >= 4 is 43.1 Å². The van der Waals surface area contributed by atoms with Gasteiger partial charge in [0, 0.05) is 5.39 Å². The Labute approximate surface area is 85.8 Å². The maximum Gasteiger partial charge on any atom is 0.354 e. The molecular formula is C8H4N2O2S2. The van der Waals surface area contributed by atoms with Crippen LogP contribution in [0.3, 0.4) is 0 Å². The number of hydrogen-bond acceptors (Lipinski definition) is 4. The molecule has 0 bridgehead atoms. The monoisotopic (exact) mass is 224 g/mol. The second kappa shape index (κ2) is 2.55. The van der Waals surface area contributed by atoms with Crippen molar-refractivity contribution in [1.29, 1.82) is 0 Å². The van der Waals surface area contributed by atoms with Crippen LogP contribution in [0.25, 0.3) is 20.4 Å². The Morgan fingerprint density at radius 1 is 1.21 bits per heavy atom. The van der Waals surface area contributed by atoms with E-state index in [0.29, 0.717) is 19.0 Å². The molecule has 6 heteroatoms. The molecule has 3 heterocycles. The standard InChI is InChI=1S/C8H4N2O2S2/c11-9-7-5(1-3-13-7)6-2-4-14-8(6)10(9)12/h1-4H. The lowest BCUT2D eigenvalue weighted by molar-refractivity contribution is -0.553. The number of aromatic nitrogens is 2. The summed E-state index contributed by atoms with van der Waals surface area (Å²) in [6.07, 6.45) is 0. The molecule has 0 aliphatic rings. The zero-order valence-corrected chi connectivity index (χ0v) is 8.47. The molecule has 0 radical (unpaired) electrons. The normalized spacial score (nSPS) is 11.4. The van der Waals surface area contributed by atoms with Crippen molar-refractivity contribution in [2.45, 2.75) is 0 Å². The summed E-state index contributed by atoms with van der Waals surface area (Å²) in [4.78, 5) is 12.8. The highest BCUT2D eigenvalue weighted by Gasteiger charge is 2.15. The van der Waals surface area contributed by atoms with Crippen LogP contribution in [0.15, 0.2) is 22.9 Å². The van der Waals surface area contributed by atoms with E-state index in [1.165, 1.54) is 22.7 Å². The minimum Gasteiger partial charge on any atom is -0.754 e. The lowest BCUT2D eigenvalue weighted by atomic mass is 10.3. The molecule has 0 saturated carbocycles. The van der Waals surface area contributed by atoms with Crippen molar-refractivity contribution < 1.29 is 4.54 Å². The van der Waals surface area contributed by atoms with E-state index in [0.717, 1.165) is 10.8 Å². The van der Waals surface area contributed by atoms with Gasteiger partial charge in [-0.05, 0) is 22.9 Å².